The van der Waals surface area contributed by atoms with E-state index >= 15 is 0 Å². The van der Waals surface area contributed by atoms with Crippen LogP contribution in [-0.2, 0) is 28.7 Å². The van der Waals surface area contributed by atoms with E-state index in [0.29, 0.717) is 0 Å². The zero-order chi connectivity index (χ0) is 16.2. The number of aromatic nitrogens is 1. The number of carbonyl (C=O) groups is 1. The van der Waals surface area contributed by atoms with Gasteiger partial charge >= 0.3 is 12.1 Å². The van der Waals surface area contributed by atoms with Gasteiger partial charge in [-0.3, -0.25) is 9.78 Å². The minimum absolute atomic E-state index is 0.0368. The maximum Gasteiger partial charge on any atom is 0.418 e. The molecule has 1 aromatic heterocycles. The molecule has 0 aliphatic carbocycles. The summed E-state index contributed by atoms with van der Waals surface area (Å²) in [7, 11) is 0. The highest BCUT2D eigenvalue weighted by atomic mass is 19.4. The van der Waals surface area contributed by atoms with Gasteiger partial charge in [0, 0.05) is 12.7 Å². The number of nitrogens with two attached hydrogens (primary N) is 1. The Morgan fingerprint density at radius 2 is 2.00 bits per heavy atom. The first-order valence-corrected chi connectivity index (χ1v) is 5.94. The lowest BCUT2D eigenvalue weighted by Gasteiger charge is -2.18. The lowest BCUT2D eigenvalue weighted by Crippen LogP contribution is -2.20. The summed E-state index contributed by atoms with van der Waals surface area (Å²) in [6.45, 7) is 0.847. The van der Waals surface area contributed by atoms with E-state index in [1.54, 1.807) is 0 Å². The summed E-state index contributed by atoms with van der Waals surface area (Å²) >= 11 is 0. The molecule has 4 nitrogen and oxygen atoms in total. The zero-order valence-electron chi connectivity index (χ0n) is 11.0. The number of ether oxygens (including phenoxy) is 1. The van der Waals surface area contributed by atoms with Crippen LogP contribution in [0.2, 0.25) is 0 Å². The fourth-order valence-corrected chi connectivity index (χ4v) is 1.83. The SMILES string of the molecule is CCOC(=O)Cc1c(C(F)(F)F)cnc(C(F)F)c1CN. The summed E-state index contributed by atoms with van der Waals surface area (Å²) in [5.74, 6) is -0.955. The molecule has 0 amide bonds. The average molecular weight is 312 g/mol. The van der Waals surface area contributed by atoms with Crippen LogP contribution in [0.4, 0.5) is 22.0 Å². The molecular formula is C12H13F5N2O2. The topological polar surface area (TPSA) is 65.2 Å². The molecule has 118 valence electrons. The smallest absolute Gasteiger partial charge is 0.418 e. The van der Waals surface area contributed by atoms with Crippen molar-refractivity contribution in [3.05, 3.63) is 28.6 Å². The molecule has 2 N–H and O–H groups in total. The van der Waals surface area contributed by atoms with Gasteiger partial charge in [0.2, 0.25) is 0 Å². The second-order valence-electron chi connectivity index (χ2n) is 4.00. The van der Waals surface area contributed by atoms with E-state index in [1.807, 2.05) is 0 Å². The second kappa shape index (κ2) is 6.79. The van der Waals surface area contributed by atoms with Crippen molar-refractivity contribution in [2.75, 3.05) is 6.61 Å². The molecule has 1 heterocycles. The normalized spacial score (nSPS) is 11.8. The van der Waals surface area contributed by atoms with Gasteiger partial charge < -0.3 is 10.5 Å². The third-order valence-electron chi connectivity index (χ3n) is 2.67. The summed E-state index contributed by atoms with van der Waals surface area (Å²) in [6, 6.07) is 0. The summed E-state index contributed by atoms with van der Waals surface area (Å²) < 4.78 is 68.9. The van der Waals surface area contributed by atoms with E-state index in [0.717, 1.165) is 0 Å². The van der Waals surface area contributed by atoms with E-state index < -0.39 is 53.9 Å². The molecule has 0 spiro atoms. The fourth-order valence-electron chi connectivity index (χ4n) is 1.83. The van der Waals surface area contributed by atoms with E-state index in [4.69, 9.17) is 5.73 Å². The molecule has 1 rings (SSSR count). The maximum absolute atomic E-state index is 12.9. The van der Waals surface area contributed by atoms with Gasteiger partial charge in [-0.1, -0.05) is 0 Å². The van der Waals surface area contributed by atoms with Crippen LogP contribution in [0.1, 0.15) is 35.7 Å². The van der Waals surface area contributed by atoms with Crippen molar-refractivity contribution in [2.45, 2.75) is 32.5 Å². The molecule has 0 aliphatic heterocycles. The number of alkyl halides is 5. The number of pyridine rings is 1. The Morgan fingerprint density at radius 3 is 2.43 bits per heavy atom. The molecule has 0 saturated heterocycles. The van der Waals surface area contributed by atoms with Crippen molar-refractivity contribution in [1.82, 2.24) is 4.98 Å². The molecule has 0 atom stereocenters. The van der Waals surface area contributed by atoms with Gasteiger partial charge in [0.25, 0.3) is 6.43 Å². The van der Waals surface area contributed by atoms with Crippen molar-refractivity contribution in [2.24, 2.45) is 5.73 Å². The number of halogens is 5. The Bertz CT molecular complexity index is 517. The minimum Gasteiger partial charge on any atom is -0.466 e. The van der Waals surface area contributed by atoms with Crippen molar-refractivity contribution in [1.29, 1.82) is 0 Å². The molecule has 0 aromatic carbocycles. The molecule has 0 fully saturated rings. The van der Waals surface area contributed by atoms with Crippen LogP contribution in [0.5, 0.6) is 0 Å². The number of carbonyl (C=O) groups excluding carboxylic acids is 1. The van der Waals surface area contributed by atoms with E-state index in [9.17, 15) is 26.7 Å². The number of hydrogen-bond acceptors (Lipinski definition) is 4. The number of nitrogens with zero attached hydrogens (tertiary/aromatic N) is 1. The van der Waals surface area contributed by atoms with Gasteiger partial charge in [0.15, 0.2) is 0 Å². The van der Waals surface area contributed by atoms with Gasteiger partial charge in [0.1, 0.15) is 5.69 Å². The summed E-state index contributed by atoms with van der Waals surface area (Å²) in [6.07, 6.45) is -8.43. The number of rotatable bonds is 5. The first-order valence-electron chi connectivity index (χ1n) is 5.94. The summed E-state index contributed by atoms with van der Waals surface area (Å²) in [5, 5.41) is 0. The Labute approximate surface area is 117 Å². The van der Waals surface area contributed by atoms with Crippen LogP contribution in [0.15, 0.2) is 6.20 Å². The quantitative estimate of drug-likeness (QED) is 0.670. The van der Waals surface area contributed by atoms with Gasteiger partial charge in [-0.25, -0.2) is 8.78 Å². The third-order valence-corrected chi connectivity index (χ3v) is 2.67. The van der Waals surface area contributed by atoms with E-state index in [2.05, 4.69) is 9.72 Å². The average Bonchev–Trinajstić information content (AvgIpc) is 2.36. The zero-order valence-corrected chi connectivity index (χ0v) is 11.0. The molecule has 9 heteroatoms. The van der Waals surface area contributed by atoms with Crippen molar-refractivity contribution < 1.29 is 31.5 Å². The van der Waals surface area contributed by atoms with Gasteiger partial charge in [-0.15, -0.1) is 0 Å². The van der Waals surface area contributed by atoms with E-state index in [1.165, 1.54) is 6.92 Å². The molecule has 0 bridgehead atoms. The maximum atomic E-state index is 12.9. The van der Waals surface area contributed by atoms with Gasteiger partial charge in [0.05, 0.1) is 18.6 Å². The minimum atomic E-state index is -4.83. The predicted molar refractivity (Wildman–Crippen MR) is 62.4 cm³/mol. The first-order chi connectivity index (χ1) is 9.72. The first kappa shape index (κ1) is 17.3. The van der Waals surface area contributed by atoms with Crippen LogP contribution < -0.4 is 5.73 Å². The van der Waals surface area contributed by atoms with Crippen LogP contribution in [-0.4, -0.2) is 17.6 Å². The Hall–Kier alpha value is -1.77. The standard InChI is InChI=1S/C12H13F5N2O2/c1-2-21-9(20)3-6-7(4-18)10(11(13)14)19-5-8(6)12(15,16)17/h5,11H,2-4,18H2,1H3. The Morgan fingerprint density at radius 1 is 1.38 bits per heavy atom. The molecular weight excluding hydrogens is 299 g/mol. The summed E-state index contributed by atoms with van der Waals surface area (Å²) in [5.41, 5.74) is 2.04. The molecule has 0 radical (unpaired) electrons. The van der Waals surface area contributed by atoms with Crippen molar-refractivity contribution >= 4 is 5.97 Å². The summed E-state index contributed by atoms with van der Waals surface area (Å²) in [4.78, 5) is 14.5. The molecule has 0 unspecified atom stereocenters. The van der Waals surface area contributed by atoms with Crippen molar-refractivity contribution in [3.8, 4) is 0 Å². The Kier molecular flexibility index (Phi) is 5.59. The van der Waals surface area contributed by atoms with Crippen LogP contribution >= 0.6 is 0 Å². The second-order valence-corrected chi connectivity index (χ2v) is 4.00. The predicted octanol–water partition coefficient (Wildman–Crippen LogP) is 2.60. The molecule has 0 aliphatic rings. The van der Waals surface area contributed by atoms with Crippen molar-refractivity contribution in [3.63, 3.8) is 0 Å². The molecule has 21 heavy (non-hydrogen) atoms. The largest absolute Gasteiger partial charge is 0.466 e. The molecule has 1 aromatic rings. The van der Waals surface area contributed by atoms with Crippen LogP contribution in [0.3, 0.4) is 0 Å². The van der Waals surface area contributed by atoms with Gasteiger partial charge in [-0.2, -0.15) is 13.2 Å². The lowest BCUT2D eigenvalue weighted by atomic mass is 9.97. The highest BCUT2D eigenvalue weighted by Crippen LogP contribution is 2.35. The number of esters is 1. The number of hydrogen-bond donors (Lipinski definition) is 1. The van der Waals surface area contributed by atoms with Gasteiger partial charge in [-0.05, 0) is 18.1 Å². The lowest BCUT2D eigenvalue weighted by molar-refractivity contribution is -0.143. The van der Waals surface area contributed by atoms with E-state index in [-0.39, 0.29) is 12.8 Å². The highest BCUT2D eigenvalue weighted by molar-refractivity contribution is 5.74. The molecule has 0 saturated carbocycles. The van der Waals surface area contributed by atoms with Crippen LogP contribution in [0.25, 0.3) is 0 Å². The third kappa shape index (κ3) is 4.10. The van der Waals surface area contributed by atoms with Crippen LogP contribution in [0, 0.1) is 0 Å². The Balaban J connectivity index is 3.44. The monoisotopic (exact) mass is 312 g/mol. The fraction of sp³-hybridized carbons (Fsp3) is 0.500. The highest BCUT2D eigenvalue weighted by Gasteiger charge is 2.37.